The monoisotopic (exact) mass is 384 g/mol. The normalized spacial score (nSPS) is 18.3. The lowest BCUT2D eigenvalue weighted by atomic mass is 9.98. The van der Waals surface area contributed by atoms with Crippen LogP contribution in [0.5, 0.6) is 5.75 Å². The van der Waals surface area contributed by atoms with Crippen LogP contribution < -0.4 is 9.64 Å². The van der Waals surface area contributed by atoms with E-state index >= 15 is 0 Å². The Kier molecular flexibility index (Phi) is 6.60. The average Bonchev–Trinajstić information content (AvgIpc) is 2.65. The molecular formula is C17H24N2O6S. The van der Waals surface area contributed by atoms with E-state index in [1.165, 1.54) is 9.21 Å². The van der Waals surface area contributed by atoms with Crippen LogP contribution >= 0.6 is 0 Å². The van der Waals surface area contributed by atoms with Crippen molar-refractivity contribution >= 4 is 27.6 Å². The van der Waals surface area contributed by atoms with Crippen LogP contribution in [0.15, 0.2) is 24.3 Å². The highest BCUT2D eigenvalue weighted by molar-refractivity contribution is 7.89. The maximum atomic E-state index is 12.8. The molecule has 1 fully saturated rings. The smallest absolute Gasteiger partial charge is 0.341 e. The molecule has 1 aliphatic rings. The number of rotatable bonds is 7. The summed E-state index contributed by atoms with van der Waals surface area (Å²) in [6, 6.07) is 6.52. The molecule has 9 heteroatoms. The van der Waals surface area contributed by atoms with Crippen LogP contribution in [0.4, 0.5) is 5.69 Å². The molecule has 2 rings (SSSR count). The Morgan fingerprint density at radius 1 is 1.31 bits per heavy atom. The molecule has 1 aromatic carbocycles. The molecule has 8 nitrogen and oxygen atoms in total. The van der Waals surface area contributed by atoms with Gasteiger partial charge < -0.3 is 14.7 Å². The summed E-state index contributed by atoms with van der Waals surface area (Å²) in [5.41, 5.74) is 0.633. The summed E-state index contributed by atoms with van der Waals surface area (Å²) in [7, 11) is -1.66. The van der Waals surface area contributed by atoms with Crippen molar-refractivity contribution in [1.29, 1.82) is 0 Å². The number of nitrogens with zero attached hydrogens (tertiary/aromatic N) is 2. The van der Waals surface area contributed by atoms with Gasteiger partial charge in [0, 0.05) is 25.8 Å². The molecule has 1 unspecified atom stereocenters. The van der Waals surface area contributed by atoms with Gasteiger partial charge in [-0.1, -0.05) is 0 Å². The summed E-state index contributed by atoms with van der Waals surface area (Å²) in [5, 5.41) is 8.61. The predicted octanol–water partition coefficient (Wildman–Crippen LogP) is 1.17. The Bertz CT molecular complexity index is 747. The Balaban J connectivity index is 2.03. The van der Waals surface area contributed by atoms with Gasteiger partial charge in [0.2, 0.25) is 15.9 Å². The summed E-state index contributed by atoms with van der Waals surface area (Å²) >= 11 is 0. The number of sulfonamides is 1. The van der Waals surface area contributed by atoms with Gasteiger partial charge in [0.05, 0.1) is 11.7 Å². The van der Waals surface area contributed by atoms with Crippen molar-refractivity contribution in [1.82, 2.24) is 4.31 Å². The van der Waals surface area contributed by atoms with Crippen LogP contribution in [0.3, 0.4) is 0 Å². The van der Waals surface area contributed by atoms with Crippen LogP contribution in [0.2, 0.25) is 0 Å². The number of carboxylic acids is 1. The van der Waals surface area contributed by atoms with Gasteiger partial charge in [0.15, 0.2) is 6.61 Å². The van der Waals surface area contributed by atoms with Crippen molar-refractivity contribution in [3.63, 3.8) is 0 Å². The van der Waals surface area contributed by atoms with E-state index in [0.717, 1.165) is 0 Å². The van der Waals surface area contributed by atoms with Crippen molar-refractivity contribution in [2.45, 2.75) is 19.8 Å². The SMILES string of the molecule is CCS(=O)(=O)N1CCCC(C(=O)N(C)c2ccc(OCC(=O)O)cc2)C1. The van der Waals surface area contributed by atoms with Gasteiger partial charge in [-0.05, 0) is 44.0 Å². The fourth-order valence-electron chi connectivity index (χ4n) is 2.89. The van der Waals surface area contributed by atoms with Gasteiger partial charge in [-0.25, -0.2) is 17.5 Å². The molecule has 144 valence electrons. The zero-order valence-corrected chi connectivity index (χ0v) is 15.7. The molecule has 0 radical (unpaired) electrons. The number of aliphatic carboxylic acids is 1. The van der Waals surface area contributed by atoms with Gasteiger partial charge in [-0.2, -0.15) is 0 Å². The molecule has 1 amide bonds. The lowest BCUT2D eigenvalue weighted by Gasteiger charge is -2.33. The number of benzene rings is 1. The van der Waals surface area contributed by atoms with Gasteiger partial charge in [0.1, 0.15) is 5.75 Å². The summed E-state index contributed by atoms with van der Waals surface area (Å²) in [6.45, 7) is 1.83. The van der Waals surface area contributed by atoms with E-state index in [-0.39, 0.29) is 24.1 Å². The number of carbonyl (C=O) groups is 2. The third kappa shape index (κ3) is 4.95. The number of amides is 1. The summed E-state index contributed by atoms with van der Waals surface area (Å²) in [6.07, 6.45) is 1.31. The number of carbonyl (C=O) groups excluding carboxylic acids is 1. The largest absolute Gasteiger partial charge is 0.482 e. The summed E-state index contributed by atoms with van der Waals surface area (Å²) < 4.78 is 30.6. The molecule has 1 N–H and O–H groups in total. The Morgan fingerprint density at radius 2 is 1.96 bits per heavy atom. The molecule has 0 spiro atoms. The number of hydrogen-bond acceptors (Lipinski definition) is 5. The quantitative estimate of drug-likeness (QED) is 0.757. The molecule has 0 aromatic heterocycles. The van der Waals surface area contributed by atoms with Crippen LogP contribution in [-0.2, 0) is 19.6 Å². The van der Waals surface area contributed by atoms with Crippen molar-refractivity contribution in [3.05, 3.63) is 24.3 Å². The van der Waals surface area contributed by atoms with Crippen molar-refractivity contribution in [2.24, 2.45) is 5.92 Å². The zero-order valence-electron chi connectivity index (χ0n) is 14.9. The lowest BCUT2D eigenvalue weighted by molar-refractivity contribution is -0.139. The van der Waals surface area contributed by atoms with Crippen molar-refractivity contribution in [3.8, 4) is 5.75 Å². The highest BCUT2D eigenvalue weighted by Crippen LogP contribution is 2.25. The average molecular weight is 384 g/mol. The minimum Gasteiger partial charge on any atom is -0.482 e. The molecule has 0 saturated carbocycles. The number of piperidine rings is 1. The van der Waals surface area contributed by atoms with E-state index in [4.69, 9.17) is 9.84 Å². The Labute approximate surface area is 153 Å². The van der Waals surface area contributed by atoms with Crippen LogP contribution in [0, 0.1) is 5.92 Å². The molecule has 0 bridgehead atoms. The minimum absolute atomic E-state index is 0.0293. The third-order valence-electron chi connectivity index (χ3n) is 4.41. The zero-order chi connectivity index (χ0) is 19.3. The molecule has 1 aromatic rings. The molecule has 1 atom stereocenters. The van der Waals surface area contributed by atoms with E-state index < -0.39 is 22.6 Å². The van der Waals surface area contributed by atoms with E-state index in [1.807, 2.05) is 0 Å². The van der Waals surface area contributed by atoms with E-state index in [0.29, 0.717) is 30.8 Å². The Hall–Kier alpha value is -2.13. The topological polar surface area (TPSA) is 104 Å². The van der Waals surface area contributed by atoms with Gasteiger partial charge in [-0.3, -0.25) is 4.79 Å². The Morgan fingerprint density at radius 3 is 2.54 bits per heavy atom. The van der Waals surface area contributed by atoms with E-state index in [9.17, 15) is 18.0 Å². The lowest BCUT2D eigenvalue weighted by Crippen LogP contribution is -2.46. The first kappa shape index (κ1) is 20.2. The summed E-state index contributed by atoms with van der Waals surface area (Å²) in [5.74, 6) is -1.15. The first-order valence-electron chi connectivity index (χ1n) is 8.44. The number of ether oxygens (including phenoxy) is 1. The molecular weight excluding hydrogens is 360 g/mol. The van der Waals surface area contributed by atoms with Gasteiger partial charge >= 0.3 is 5.97 Å². The van der Waals surface area contributed by atoms with E-state index in [2.05, 4.69) is 0 Å². The van der Waals surface area contributed by atoms with Crippen LogP contribution in [0.25, 0.3) is 0 Å². The molecule has 1 heterocycles. The van der Waals surface area contributed by atoms with Gasteiger partial charge in [-0.15, -0.1) is 0 Å². The molecule has 26 heavy (non-hydrogen) atoms. The van der Waals surface area contributed by atoms with Crippen molar-refractivity contribution < 1.29 is 27.9 Å². The molecule has 1 aliphatic heterocycles. The first-order valence-corrected chi connectivity index (χ1v) is 10.1. The maximum Gasteiger partial charge on any atom is 0.341 e. The van der Waals surface area contributed by atoms with Crippen LogP contribution in [0.1, 0.15) is 19.8 Å². The van der Waals surface area contributed by atoms with Gasteiger partial charge in [0.25, 0.3) is 0 Å². The van der Waals surface area contributed by atoms with Crippen LogP contribution in [-0.4, -0.2) is 62.2 Å². The number of hydrogen-bond donors (Lipinski definition) is 1. The van der Waals surface area contributed by atoms with E-state index in [1.54, 1.807) is 38.2 Å². The second-order valence-corrected chi connectivity index (χ2v) is 8.43. The fourth-order valence-corrected chi connectivity index (χ4v) is 4.07. The second kappa shape index (κ2) is 8.50. The summed E-state index contributed by atoms with van der Waals surface area (Å²) in [4.78, 5) is 24.8. The highest BCUT2D eigenvalue weighted by Gasteiger charge is 2.33. The highest BCUT2D eigenvalue weighted by atomic mass is 32.2. The fraction of sp³-hybridized carbons (Fsp3) is 0.529. The number of carboxylic acid groups (broad SMARTS) is 1. The third-order valence-corrected chi connectivity index (χ3v) is 6.26. The molecule has 0 aliphatic carbocycles. The second-order valence-electron chi connectivity index (χ2n) is 6.17. The molecule has 1 saturated heterocycles. The van der Waals surface area contributed by atoms with Crippen molar-refractivity contribution in [2.75, 3.05) is 37.4 Å². The maximum absolute atomic E-state index is 12.8. The minimum atomic E-state index is -3.30. The predicted molar refractivity (Wildman–Crippen MR) is 96.7 cm³/mol. The standard InChI is InChI=1S/C17H24N2O6S/c1-3-26(23,24)19-10-4-5-13(11-19)17(22)18(2)14-6-8-15(9-7-14)25-12-16(20)21/h6-9,13H,3-5,10-12H2,1-2H3,(H,20,21). The first-order chi connectivity index (χ1) is 12.2. The number of anilines is 1.